The van der Waals surface area contributed by atoms with Crippen LogP contribution in [0, 0.1) is 0 Å². The van der Waals surface area contributed by atoms with Gasteiger partial charge in [-0.15, -0.1) is 11.8 Å². The number of carbonyl (C=O) groups is 2. The number of hydrogen-bond acceptors (Lipinski definition) is 7. The number of ether oxygens (including phenoxy) is 3. The van der Waals surface area contributed by atoms with Crippen LogP contribution in [0.25, 0.3) is 0 Å². The van der Waals surface area contributed by atoms with Crippen LogP contribution in [0.4, 0.5) is 4.79 Å². The molecule has 148 valence electrons. The Bertz CT molecular complexity index is 843. The highest BCUT2D eigenvalue weighted by Gasteiger charge is 2.10. The number of methoxy groups -OCH3 is 2. The summed E-state index contributed by atoms with van der Waals surface area (Å²) in [6.07, 6.45) is 0.942. The summed E-state index contributed by atoms with van der Waals surface area (Å²) in [7, 11) is 2.66. The summed E-state index contributed by atoms with van der Waals surface area (Å²) in [5.74, 6) is 0.973. The van der Waals surface area contributed by atoms with Gasteiger partial charge in [-0.25, -0.2) is 10.2 Å². The van der Waals surface area contributed by atoms with Crippen molar-refractivity contribution in [2.45, 2.75) is 11.3 Å². The number of halogens is 1. The number of rotatable bonds is 8. The van der Waals surface area contributed by atoms with Gasteiger partial charge in [0.25, 0.3) is 0 Å². The van der Waals surface area contributed by atoms with Gasteiger partial charge in [0.2, 0.25) is 5.91 Å². The summed E-state index contributed by atoms with van der Waals surface area (Å²) < 4.78 is 14.6. The Morgan fingerprint density at radius 3 is 2.57 bits per heavy atom. The van der Waals surface area contributed by atoms with Gasteiger partial charge in [0, 0.05) is 22.1 Å². The van der Waals surface area contributed by atoms with Gasteiger partial charge >= 0.3 is 6.16 Å². The second-order valence-corrected chi connectivity index (χ2v) is 6.92. The molecule has 0 saturated carbocycles. The first-order valence-corrected chi connectivity index (χ1v) is 9.52. The van der Waals surface area contributed by atoms with E-state index in [4.69, 9.17) is 21.1 Å². The maximum Gasteiger partial charge on any atom is 0.513 e. The third-order valence-electron chi connectivity index (χ3n) is 3.36. The third kappa shape index (κ3) is 7.13. The Morgan fingerprint density at radius 2 is 1.89 bits per heavy atom. The van der Waals surface area contributed by atoms with Crippen LogP contribution < -0.4 is 14.9 Å². The van der Waals surface area contributed by atoms with Crippen molar-refractivity contribution in [2.24, 2.45) is 5.10 Å². The van der Waals surface area contributed by atoms with Crippen molar-refractivity contribution in [1.29, 1.82) is 0 Å². The van der Waals surface area contributed by atoms with E-state index in [1.165, 1.54) is 20.4 Å². The fraction of sp³-hybridized carbons (Fsp3) is 0.211. The molecule has 28 heavy (non-hydrogen) atoms. The highest BCUT2D eigenvalue weighted by molar-refractivity contribution is 7.99. The van der Waals surface area contributed by atoms with Crippen molar-refractivity contribution in [2.75, 3.05) is 20.0 Å². The minimum Gasteiger partial charge on any atom is -0.493 e. The molecule has 2 aromatic carbocycles. The number of amides is 1. The molecule has 2 rings (SSSR count). The van der Waals surface area contributed by atoms with Gasteiger partial charge < -0.3 is 14.2 Å². The Labute approximate surface area is 172 Å². The van der Waals surface area contributed by atoms with Crippen molar-refractivity contribution in [3.05, 3.63) is 53.1 Å². The fourth-order valence-electron chi connectivity index (χ4n) is 2.01. The van der Waals surface area contributed by atoms with Crippen LogP contribution in [0.1, 0.15) is 12.0 Å². The average Bonchev–Trinajstić information content (AvgIpc) is 2.70. The fourth-order valence-corrected chi connectivity index (χ4v) is 2.99. The summed E-state index contributed by atoms with van der Waals surface area (Å²) in [6.45, 7) is 0. The smallest absolute Gasteiger partial charge is 0.493 e. The van der Waals surface area contributed by atoms with Crippen molar-refractivity contribution >= 4 is 41.6 Å². The maximum atomic E-state index is 11.9. The standard InChI is InChI=1S/C19H19ClN2O5S/c1-25-17-11-13(3-8-16(17)27-19(24)26-2)12-21-22-18(23)9-10-28-15-6-4-14(20)5-7-15/h3-8,11-12H,9-10H2,1-2H3,(H,22,23). The molecule has 2 aromatic rings. The van der Waals surface area contributed by atoms with E-state index >= 15 is 0 Å². The van der Waals surface area contributed by atoms with E-state index in [2.05, 4.69) is 15.3 Å². The molecule has 1 N–H and O–H groups in total. The molecule has 0 atom stereocenters. The first-order valence-electron chi connectivity index (χ1n) is 8.16. The predicted octanol–water partition coefficient (Wildman–Crippen LogP) is 4.13. The molecule has 0 aromatic heterocycles. The van der Waals surface area contributed by atoms with Gasteiger partial charge in [0.05, 0.1) is 20.4 Å². The monoisotopic (exact) mass is 422 g/mol. The van der Waals surface area contributed by atoms with Crippen LogP contribution in [0.5, 0.6) is 11.5 Å². The highest BCUT2D eigenvalue weighted by Crippen LogP contribution is 2.28. The van der Waals surface area contributed by atoms with Gasteiger partial charge in [-0.05, 0) is 48.0 Å². The van der Waals surface area contributed by atoms with E-state index in [0.29, 0.717) is 28.5 Å². The van der Waals surface area contributed by atoms with Crippen molar-refractivity contribution in [1.82, 2.24) is 5.43 Å². The molecule has 9 heteroatoms. The molecular weight excluding hydrogens is 404 g/mol. The first kappa shape index (κ1) is 21.6. The lowest BCUT2D eigenvalue weighted by molar-refractivity contribution is -0.120. The molecule has 0 saturated heterocycles. The number of hydrazone groups is 1. The van der Waals surface area contributed by atoms with Crippen LogP contribution in [0.15, 0.2) is 52.5 Å². The summed E-state index contributed by atoms with van der Waals surface area (Å²) >= 11 is 7.40. The summed E-state index contributed by atoms with van der Waals surface area (Å²) in [5.41, 5.74) is 3.13. The van der Waals surface area contributed by atoms with Crippen LogP contribution in [0.3, 0.4) is 0 Å². The molecule has 0 unspecified atom stereocenters. The quantitative estimate of drug-likeness (QED) is 0.226. The number of thioether (sulfide) groups is 1. The third-order valence-corrected chi connectivity index (χ3v) is 4.63. The van der Waals surface area contributed by atoms with Gasteiger partial charge in [-0.1, -0.05) is 11.6 Å². The van der Waals surface area contributed by atoms with E-state index in [0.717, 1.165) is 4.90 Å². The van der Waals surface area contributed by atoms with Crippen molar-refractivity contribution in [3.8, 4) is 11.5 Å². The Hall–Kier alpha value is -2.71. The van der Waals surface area contributed by atoms with Crippen LogP contribution in [-0.2, 0) is 9.53 Å². The number of hydrogen-bond donors (Lipinski definition) is 1. The molecule has 7 nitrogen and oxygen atoms in total. The minimum absolute atomic E-state index is 0.199. The number of nitrogens with zero attached hydrogens (tertiary/aromatic N) is 1. The summed E-state index contributed by atoms with van der Waals surface area (Å²) in [4.78, 5) is 24.1. The zero-order chi connectivity index (χ0) is 20.4. The lowest BCUT2D eigenvalue weighted by atomic mass is 10.2. The Balaban J connectivity index is 1.81. The number of carbonyl (C=O) groups excluding carboxylic acids is 2. The van der Waals surface area contributed by atoms with Gasteiger partial charge in [0.1, 0.15) is 0 Å². The second kappa shape index (κ2) is 11.2. The molecule has 0 spiro atoms. The van der Waals surface area contributed by atoms with E-state index < -0.39 is 6.16 Å². The molecule has 0 heterocycles. The molecule has 0 fully saturated rings. The van der Waals surface area contributed by atoms with Crippen LogP contribution in [0.2, 0.25) is 5.02 Å². The molecule has 0 bridgehead atoms. The second-order valence-electron chi connectivity index (χ2n) is 5.31. The van der Waals surface area contributed by atoms with Gasteiger partial charge in [0.15, 0.2) is 11.5 Å². The van der Waals surface area contributed by atoms with E-state index in [1.807, 2.05) is 24.3 Å². The van der Waals surface area contributed by atoms with E-state index in [9.17, 15) is 9.59 Å². The van der Waals surface area contributed by atoms with E-state index in [1.54, 1.807) is 30.0 Å². The maximum absolute atomic E-state index is 11.9. The SMILES string of the molecule is COC(=O)Oc1ccc(C=NNC(=O)CCSc2ccc(Cl)cc2)cc1OC. The lowest BCUT2D eigenvalue weighted by Crippen LogP contribution is -2.17. The zero-order valence-corrected chi connectivity index (χ0v) is 16.9. The van der Waals surface area contributed by atoms with Gasteiger partial charge in [-0.2, -0.15) is 5.10 Å². The van der Waals surface area contributed by atoms with Crippen LogP contribution >= 0.6 is 23.4 Å². The molecule has 1 amide bonds. The summed E-state index contributed by atoms with van der Waals surface area (Å²) in [5, 5.41) is 4.60. The molecule has 0 aliphatic heterocycles. The number of benzene rings is 2. The van der Waals surface area contributed by atoms with E-state index in [-0.39, 0.29) is 11.7 Å². The zero-order valence-electron chi connectivity index (χ0n) is 15.3. The largest absolute Gasteiger partial charge is 0.513 e. The molecule has 0 aliphatic carbocycles. The van der Waals surface area contributed by atoms with Crippen LogP contribution in [-0.4, -0.2) is 38.2 Å². The normalized spacial score (nSPS) is 10.5. The number of nitrogens with one attached hydrogen (secondary N) is 1. The highest BCUT2D eigenvalue weighted by atomic mass is 35.5. The topological polar surface area (TPSA) is 86.2 Å². The molecule has 0 radical (unpaired) electrons. The van der Waals surface area contributed by atoms with Crippen molar-refractivity contribution < 1.29 is 23.8 Å². The lowest BCUT2D eigenvalue weighted by Gasteiger charge is -2.08. The predicted molar refractivity (Wildman–Crippen MR) is 109 cm³/mol. The first-order chi connectivity index (χ1) is 13.5. The summed E-state index contributed by atoms with van der Waals surface area (Å²) in [6, 6.07) is 12.3. The minimum atomic E-state index is -0.844. The Kier molecular flexibility index (Phi) is 8.64. The van der Waals surface area contributed by atoms with Gasteiger partial charge in [-0.3, -0.25) is 4.79 Å². The average molecular weight is 423 g/mol. The molecule has 0 aliphatic rings. The van der Waals surface area contributed by atoms with Crippen molar-refractivity contribution in [3.63, 3.8) is 0 Å². The molecular formula is C19H19ClN2O5S. The Morgan fingerprint density at radius 1 is 1.14 bits per heavy atom.